The van der Waals surface area contributed by atoms with Crippen LogP contribution in [0.1, 0.15) is 6.42 Å². The minimum atomic E-state index is -0.441. The molecule has 2 aromatic rings. The largest absolute Gasteiger partial charge is 0.497 e. The lowest BCUT2D eigenvalue weighted by Gasteiger charge is -2.18. The molecule has 0 saturated carbocycles. The lowest BCUT2D eigenvalue weighted by atomic mass is 10.2. The van der Waals surface area contributed by atoms with Gasteiger partial charge in [-0.3, -0.25) is 4.79 Å². The van der Waals surface area contributed by atoms with Gasteiger partial charge >= 0.3 is 6.03 Å². The van der Waals surface area contributed by atoms with Crippen LogP contribution in [0.4, 0.5) is 16.2 Å². The van der Waals surface area contributed by atoms with Crippen molar-refractivity contribution in [3.8, 4) is 5.75 Å². The Morgan fingerprint density at radius 3 is 2.62 bits per heavy atom. The predicted octanol–water partition coefficient (Wildman–Crippen LogP) is 3.93. The van der Waals surface area contributed by atoms with Gasteiger partial charge in [0.15, 0.2) is 0 Å². The number of carbonyl (C=O) groups is 2. The number of rotatable bonds is 4. The van der Waals surface area contributed by atoms with Crippen molar-refractivity contribution >= 4 is 46.5 Å². The molecule has 6 nitrogen and oxygen atoms in total. The topological polar surface area (TPSA) is 70.7 Å². The third kappa shape index (κ3) is 4.03. The summed E-state index contributed by atoms with van der Waals surface area (Å²) >= 11 is 12.0. The number of nitrogens with zero attached hydrogens (tertiary/aromatic N) is 1. The molecule has 0 aromatic heterocycles. The second kappa shape index (κ2) is 7.85. The normalized spacial score (nSPS) is 16.5. The SMILES string of the molecule is COc1ccc(N2C[C@H](NC(=O)Nc3cccc(Cl)c3Cl)CC2=O)cc1. The van der Waals surface area contributed by atoms with Gasteiger partial charge < -0.3 is 20.3 Å². The summed E-state index contributed by atoms with van der Waals surface area (Å²) in [4.78, 5) is 26.1. The number of hydrogen-bond donors (Lipinski definition) is 2. The van der Waals surface area contributed by atoms with Crippen LogP contribution < -0.4 is 20.3 Å². The van der Waals surface area contributed by atoms with Gasteiger partial charge in [-0.25, -0.2) is 4.79 Å². The number of nitrogens with one attached hydrogen (secondary N) is 2. The molecule has 1 atom stereocenters. The summed E-state index contributed by atoms with van der Waals surface area (Å²) in [5.41, 5.74) is 1.17. The molecule has 0 radical (unpaired) electrons. The van der Waals surface area contributed by atoms with Crippen molar-refractivity contribution in [2.75, 3.05) is 23.9 Å². The minimum absolute atomic E-state index is 0.0544. The Balaban J connectivity index is 1.61. The lowest BCUT2D eigenvalue weighted by molar-refractivity contribution is -0.117. The third-order valence-electron chi connectivity index (χ3n) is 4.04. The molecule has 136 valence electrons. The molecule has 1 aliphatic heterocycles. The van der Waals surface area contributed by atoms with E-state index in [1.54, 1.807) is 42.3 Å². The number of urea groups is 1. The fourth-order valence-electron chi connectivity index (χ4n) is 2.76. The van der Waals surface area contributed by atoms with Crippen LogP contribution in [0.3, 0.4) is 0 Å². The second-order valence-electron chi connectivity index (χ2n) is 5.80. The minimum Gasteiger partial charge on any atom is -0.497 e. The number of carbonyl (C=O) groups excluding carboxylic acids is 2. The number of anilines is 2. The maximum Gasteiger partial charge on any atom is 0.319 e. The molecule has 1 saturated heterocycles. The molecule has 1 heterocycles. The zero-order valence-corrected chi connectivity index (χ0v) is 15.5. The van der Waals surface area contributed by atoms with E-state index in [0.717, 1.165) is 5.69 Å². The number of amides is 3. The Hall–Kier alpha value is -2.44. The highest BCUT2D eigenvalue weighted by Gasteiger charge is 2.31. The summed E-state index contributed by atoms with van der Waals surface area (Å²) in [6, 6.07) is 11.4. The fraction of sp³-hybridized carbons (Fsp3) is 0.222. The van der Waals surface area contributed by atoms with Gasteiger partial charge in [0.05, 0.1) is 28.9 Å². The molecule has 2 N–H and O–H groups in total. The zero-order valence-electron chi connectivity index (χ0n) is 14.0. The molecular weight excluding hydrogens is 377 g/mol. The van der Waals surface area contributed by atoms with Gasteiger partial charge in [0.1, 0.15) is 5.75 Å². The number of hydrogen-bond acceptors (Lipinski definition) is 3. The van der Waals surface area contributed by atoms with E-state index in [4.69, 9.17) is 27.9 Å². The summed E-state index contributed by atoms with van der Waals surface area (Å²) < 4.78 is 5.12. The molecule has 2 aromatic carbocycles. The fourth-order valence-corrected chi connectivity index (χ4v) is 3.11. The van der Waals surface area contributed by atoms with Crippen LogP contribution in [-0.2, 0) is 4.79 Å². The standard InChI is InChI=1S/C18H17Cl2N3O3/c1-26-13-7-5-12(6-8-13)23-10-11(9-16(23)24)21-18(25)22-15-4-2-3-14(19)17(15)20/h2-8,11H,9-10H2,1H3,(H2,21,22,25)/t11-/m1/s1. The first-order valence-electron chi connectivity index (χ1n) is 7.94. The van der Waals surface area contributed by atoms with E-state index in [-0.39, 0.29) is 23.4 Å². The summed E-state index contributed by atoms with van der Waals surface area (Å²) in [5, 5.41) is 6.06. The van der Waals surface area contributed by atoms with Crippen LogP contribution in [0.5, 0.6) is 5.75 Å². The number of ether oxygens (including phenoxy) is 1. The summed E-state index contributed by atoms with van der Waals surface area (Å²) in [6.07, 6.45) is 0.225. The van der Waals surface area contributed by atoms with Crippen LogP contribution in [0.25, 0.3) is 0 Å². The van der Waals surface area contributed by atoms with E-state index >= 15 is 0 Å². The van der Waals surface area contributed by atoms with E-state index in [0.29, 0.717) is 23.0 Å². The number of benzene rings is 2. The van der Waals surface area contributed by atoms with Gasteiger partial charge in [-0.15, -0.1) is 0 Å². The van der Waals surface area contributed by atoms with Crippen LogP contribution in [0.15, 0.2) is 42.5 Å². The van der Waals surface area contributed by atoms with Crippen molar-refractivity contribution < 1.29 is 14.3 Å². The molecule has 0 spiro atoms. The average Bonchev–Trinajstić information content (AvgIpc) is 2.99. The first kappa shape index (κ1) is 18.4. The van der Waals surface area contributed by atoms with Crippen LogP contribution in [0.2, 0.25) is 10.0 Å². The molecule has 3 amide bonds. The molecule has 1 fully saturated rings. The highest BCUT2D eigenvalue weighted by molar-refractivity contribution is 6.43. The van der Waals surface area contributed by atoms with Crippen molar-refractivity contribution in [2.45, 2.75) is 12.5 Å². The van der Waals surface area contributed by atoms with Crippen molar-refractivity contribution in [1.29, 1.82) is 0 Å². The number of halogens is 2. The maximum atomic E-state index is 12.3. The predicted molar refractivity (Wildman–Crippen MR) is 102 cm³/mol. The molecule has 0 bridgehead atoms. The highest BCUT2D eigenvalue weighted by Crippen LogP contribution is 2.29. The summed E-state index contributed by atoms with van der Waals surface area (Å²) in [5.74, 6) is 0.661. The molecule has 3 rings (SSSR count). The lowest BCUT2D eigenvalue weighted by Crippen LogP contribution is -2.39. The Morgan fingerprint density at radius 2 is 1.92 bits per heavy atom. The first-order chi connectivity index (χ1) is 12.5. The van der Waals surface area contributed by atoms with Crippen molar-refractivity contribution in [1.82, 2.24) is 5.32 Å². The second-order valence-corrected chi connectivity index (χ2v) is 6.59. The number of methoxy groups -OCH3 is 1. The van der Waals surface area contributed by atoms with Gasteiger partial charge in [0.2, 0.25) is 5.91 Å². The molecule has 1 aliphatic rings. The Kier molecular flexibility index (Phi) is 5.54. The van der Waals surface area contributed by atoms with E-state index in [9.17, 15) is 9.59 Å². The van der Waals surface area contributed by atoms with Gasteiger partial charge in [-0.2, -0.15) is 0 Å². The monoisotopic (exact) mass is 393 g/mol. The van der Waals surface area contributed by atoms with Crippen LogP contribution >= 0.6 is 23.2 Å². The van der Waals surface area contributed by atoms with Crippen molar-refractivity contribution in [2.24, 2.45) is 0 Å². The van der Waals surface area contributed by atoms with E-state index in [2.05, 4.69) is 10.6 Å². The highest BCUT2D eigenvalue weighted by atomic mass is 35.5. The van der Waals surface area contributed by atoms with E-state index in [1.807, 2.05) is 12.1 Å². The molecular formula is C18H17Cl2N3O3. The maximum absolute atomic E-state index is 12.3. The van der Waals surface area contributed by atoms with Crippen molar-refractivity contribution in [3.63, 3.8) is 0 Å². The molecule has 0 unspecified atom stereocenters. The van der Waals surface area contributed by atoms with E-state index in [1.165, 1.54) is 0 Å². The van der Waals surface area contributed by atoms with Gasteiger partial charge in [0.25, 0.3) is 0 Å². The van der Waals surface area contributed by atoms with Crippen LogP contribution in [-0.4, -0.2) is 31.6 Å². The van der Waals surface area contributed by atoms with E-state index < -0.39 is 6.03 Å². The molecule has 26 heavy (non-hydrogen) atoms. The average molecular weight is 394 g/mol. The smallest absolute Gasteiger partial charge is 0.319 e. The molecule has 8 heteroatoms. The Bertz CT molecular complexity index is 827. The van der Waals surface area contributed by atoms with Gasteiger partial charge in [-0.05, 0) is 36.4 Å². The summed E-state index contributed by atoms with van der Waals surface area (Å²) in [6.45, 7) is 0.391. The molecule has 0 aliphatic carbocycles. The third-order valence-corrected chi connectivity index (χ3v) is 4.86. The Labute approximate surface area is 161 Å². The first-order valence-corrected chi connectivity index (χ1v) is 8.69. The van der Waals surface area contributed by atoms with Crippen LogP contribution in [0, 0.1) is 0 Å². The van der Waals surface area contributed by atoms with Crippen molar-refractivity contribution in [3.05, 3.63) is 52.5 Å². The van der Waals surface area contributed by atoms with Gasteiger partial charge in [0, 0.05) is 18.7 Å². The summed E-state index contributed by atoms with van der Waals surface area (Å²) in [7, 11) is 1.58. The van der Waals surface area contributed by atoms with Gasteiger partial charge in [-0.1, -0.05) is 29.3 Å². The zero-order chi connectivity index (χ0) is 18.7. The quantitative estimate of drug-likeness (QED) is 0.826. The Morgan fingerprint density at radius 1 is 1.19 bits per heavy atom.